The van der Waals surface area contributed by atoms with Crippen molar-refractivity contribution in [2.45, 2.75) is 63.1 Å². The molecule has 4 aliphatic rings. The number of fused-ring (bicyclic) bond motifs is 2. The first kappa shape index (κ1) is 17.0. The van der Waals surface area contributed by atoms with Crippen LogP contribution in [-0.2, 0) is 23.8 Å². The van der Waals surface area contributed by atoms with Crippen molar-refractivity contribution >= 4 is 11.9 Å². The number of ether oxygens (including phenoxy) is 3. The summed E-state index contributed by atoms with van der Waals surface area (Å²) in [5.74, 6) is -1.39. The highest BCUT2D eigenvalue weighted by Crippen LogP contribution is 2.45. The minimum absolute atomic E-state index is 0.0160. The number of hydrogen-bond acceptors (Lipinski definition) is 7. The lowest BCUT2D eigenvalue weighted by Crippen LogP contribution is -2.45. The van der Waals surface area contributed by atoms with Gasteiger partial charge in [-0.15, -0.1) is 0 Å². The second-order valence-electron chi connectivity index (χ2n) is 8.04. The molecular weight excluding hydrogens is 326 g/mol. The van der Waals surface area contributed by atoms with E-state index in [0.717, 1.165) is 25.1 Å². The summed E-state index contributed by atoms with van der Waals surface area (Å²) in [7, 11) is 0. The molecule has 1 N–H and O–H groups in total. The van der Waals surface area contributed by atoms with Crippen LogP contribution in [0.25, 0.3) is 0 Å². The van der Waals surface area contributed by atoms with Crippen molar-refractivity contribution in [3.63, 3.8) is 0 Å². The molecule has 25 heavy (non-hydrogen) atoms. The molecule has 3 saturated heterocycles. The first-order valence-corrected chi connectivity index (χ1v) is 8.92. The highest BCUT2D eigenvalue weighted by molar-refractivity contribution is 5.81. The first-order valence-electron chi connectivity index (χ1n) is 8.92. The quantitative estimate of drug-likeness (QED) is 0.499. The summed E-state index contributed by atoms with van der Waals surface area (Å²) in [5.41, 5.74) is -1.49. The molecule has 4 aliphatic heterocycles. The molecule has 4 rings (SSSR count). The van der Waals surface area contributed by atoms with Crippen LogP contribution in [0.2, 0.25) is 0 Å². The third-order valence-corrected chi connectivity index (χ3v) is 6.38. The highest BCUT2D eigenvalue weighted by Gasteiger charge is 2.61. The molecule has 7 heteroatoms. The van der Waals surface area contributed by atoms with Gasteiger partial charge in [-0.25, -0.2) is 4.79 Å². The van der Waals surface area contributed by atoms with Crippen LogP contribution in [-0.4, -0.2) is 71.1 Å². The Morgan fingerprint density at radius 1 is 1.32 bits per heavy atom. The van der Waals surface area contributed by atoms with E-state index < -0.39 is 35.2 Å². The molecule has 0 amide bonds. The average Bonchev–Trinajstić information content (AvgIpc) is 3.16. The molecular formula is C18H25NO6. The number of nitrogens with zero attached hydrogens (tertiary/aromatic N) is 1. The number of aliphatic hydroxyl groups excluding tert-OH is 1. The lowest BCUT2D eigenvalue weighted by Gasteiger charge is -2.32. The van der Waals surface area contributed by atoms with E-state index in [4.69, 9.17) is 14.2 Å². The Hall–Kier alpha value is -1.44. The van der Waals surface area contributed by atoms with Crippen LogP contribution in [0.5, 0.6) is 0 Å². The van der Waals surface area contributed by atoms with E-state index in [9.17, 15) is 14.7 Å². The molecule has 0 aromatic carbocycles. The summed E-state index contributed by atoms with van der Waals surface area (Å²) >= 11 is 0. The van der Waals surface area contributed by atoms with Crippen LogP contribution < -0.4 is 0 Å². The summed E-state index contributed by atoms with van der Waals surface area (Å²) in [6.07, 6.45) is 1.51. The number of esters is 2. The van der Waals surface area contributed by atoms with E-state index in [1.54, 1.807) is 20.8 Å². The van der Waals surface area contributed by atoms with Gasteiger partial charge in [-0.2, -0.15) is 0 Å². The van der Waals surface area contributed by atoms with Crippen molar-refractivity contribution in [3.8, 4) is 0 Å². The Balaban J connectivity index is 1.68. The number of hydrogen-bond donors (Lipinski definition) is 1. The number of cyclic esters (lactones) is 1. The lowest BCUT2D eigenvalue weighted by atomic mass is 9.83. The zero-order valence-electron chi connectivity index (χ0n) is 14.9. The fraction of sp³-hybridized carbons (Fsp3) is 0.778. The van der Waals surface area contributed by atoms with Crippen molar-refractivity contribution in [1.82, 2.24) is 4.90 Å². The van der Waals surface area contributed by atoms with Crippen molar-refractivity contribution in [2.75, 3.05) is 19.7 Å². The molecule has 0 spiro atoms. The second kappa shape index (κ2) is 5.53. The van der Waals surface area contributed by atoms with E-state index in [2.05, 4.69) is 4.90 Å². The van der Waals surface area contributed by atoms with Gasteiger partial charge in [0, 0.05) is 19.0 Å². The maximum Gasteiger partial charge on any atom is 0.338 e. The standard InChI is InChI=1S/C18H25NO6/c1-10-15(21)17(2)8-13(20)24-12-5-7-19-6-4-11(14(12)19)9-23-16(22)18(10,3)25-17/h4,10,12,14-15,21H,5-9H2,1-3H3/t10-,12-,14-,15-,17+,18+/m1/s1. The fourth-order valence-corrected chi connectivity index (χ4v) is 4.75. The van der Waals surface area contributed by atoms with Crippen LogP contribution >= 0.6 is 0 Å². The highest BCUT2D eigenvalue weighted by atomic mass is 16.6. The van der Waals surface area contributed by atoms with Crippen molar-refractivity contribution < 1.29 is 28.9 Å². The van der Waals surface area contributed by atoms with Crippen LogP contribution in [0.1, 0.15) is 33.6 Å². The van der Waals surface area contributed by atoms with Crippen molar-refractivity contribution in [1.29, 1.82) is 0 Å². The summed E-state index contributed by atoms with van der Waals surface area (Å²) in [5, 5.41) is 10.6. The molecule has 4 heterocycles. The smallest absolute Gasteiger partial charge is 0.338 e. The second-order valence-corrected chi connectivity index (χ2v) is 8.04. The van der Waals surface area contributed by atoms with Crippen LogP contribution in [0.3, 0.4) is 0 Å². The zero-order valence-corrected chi connectivity index (χ0v) is 14.9. The zero-order chi connectivity index (χ0) is 18.0. The van der Waals surface area contributed by atoms with Gasteiger partial charge in [0.2, 0.25) is 0 Å². The predicted octanol–water partition coefficient (Wildman–Crippen LogP) is 0.404. The van der Waals surface area contributed by atoms with E-state index in [-0.39, 0.29) is 25.2 Å². The molecule has 6 atom stereocenters. The Morgan fingerprint density at radius 3 is 2.84 bits per heavy atom. The number of carbonyl (C=O) groups excluding carboxylic acids is 2. The monoisotopic (exact) mass is 351 g/mol. The van der Waals surface area contributed by atoms with Crippen LogP contribution in [0.15, 0.2) is 11.6 Å². The minimum atomic E-state index is -1.29. The Bertz CT molecular complexity index is 647. The molecule has 0 unspecified atom stereocenters. The molecule has 0 saturated carbocycles. The van der Waals surface area contributed by atoms with E-state index in [1.807, 2.05) is 6.08 Å². The van der Waals surface area contributed by atoms with Gasteiger partial charge in [0.05, 0.1) is 18.6 Å². The number of aliphatic hydroxyl groups is 1. The third kappa shape index (κ3) is 2.44. The normalized spacial score (nSPS) is 47.4. The third-order valence-electron chi connectivity index (χ3n) is 6.38. The van der Waals surface area contributed by atoms with Gasteiger partial charge in [0.25, 0.3) is 0 Å². The van der Waals surface area contributed by atoms with Gasteiger partial charge in [-0.1, -0.05) is 13.0 Å². The molecule has 138 valence electrons. The van der Waals surface area contributed by atoms with Gasteiger partial charge >= 0.3 is 11.9 Å². The molecule has 7 nitrogen and oxygen atoms in total. The molecule has 0 radical (unpaired) electrons. The molecule has 0 aromatic heterocycles. The van der Waals surface area contributed by atoms with Gasteiger partial charge in [-0.05, 0) is 25.8 Å². The largest absolute Gasteiger partial charge is 0.460 e. The Morgan fingerprint density at radius 2 is 2.08 bits per heavy atom. The average molecular weight is 351 g/mol. The summed E-state index contributed by atoms with van der Waals surface area (Å²) in [6, 6.07) is -0.0160. The summed E-state index contributed by atoms with van der Waals surface area (Å²) in [6.45, 7) is 6.81. The summed E-state index contributed by atoms with van der Waals surface area (Å²) < 4.78 is 17.3. The van der Waals surface area contributed by atoms with E-state index in [0.29, 0.717) is 0 Å². The fourth-order valence-electron chi connectivity index (χ4n) is 4.75. The SMILES string of the molecule is C[C@@H]1[C@@H](O)[C@]2(C)CC(=O)O[C@@H]3CCN4CC=C(COC(=O)[C@@]1(C)O2)[C@H]34. The van der Waals surface area contributed by atoms with Crippen molar-refractivity contribution in [3.05, 3.63) is 11.6 Å². The Kier molecular flexibility index (Phi) is 3.76. The van der Waals surface area contributed by atoms with Gasteiger partial charge in [0.1, 0.15) is 18.3 Å². The lowest BCUT2D eigenvalue weighted by molar-refractivity contribution is -0.186. The number of rotatable bonds is 0. The van der Waals surface area contributed by atoms with Crippen LogP contribution in [0.4, 0.5) is 0 Å². The maximum absolute atomic E-state index is 12.7. The number of carbonyl (C=O) groups is 2. The van der Waals surface area contributed by atoms with Gasteiger partial charge in [-0.3, -0.25) is 9.69 Å². The first-order chi connectivity index (χ1) is 11.7. The molecule has 2 bridgehead atoms. The van der Waals surface area contributed by atoms with Crippen molar-refractivity contribution in [2.24, 2.45) is 5.92 Å². The predicted molar refractivity (Wildman–Crippen MR) is 86.6 cm³/mol. The van der Waals surface area contributed by atoms with Gasteiger partial charge < -0.3 is 19.3 Å². The molecule has 0 aromatic rings. The van der Waals surface area contributed by atoms with Gasteiger partial charge in [0.15, 0.2) is 5.60 Å². The molecule has 0 aliphatic carbocycles. The minimum Gasteiger partial charge on any atom is -0.460 e. The summed E-state index contributed by atoms with van der Waals surface area (Å²) in [4.78, 5) is 27.5. The maximum atomic E-state index is 12.7. The van der Waals surface area contributed by atoms with E-state index >= 15 is 0 Å². The topological polar surface area (TPSA) is 85.3 Å². The van der Waals surface area contributed by atoms with Crippen LogP contribution in [0, 0.1) is 5.92 Å². The Labute approximate surface area is 146 Å². The van der Waals surface area contributed by atoms with E-state index in [1.165, 1.54) is 0 Å². The molecule has 3 fully saturated rings.